The molecule has 8 atom stereocenters. The van der Waals surface area contributed by atoms with Gasteiger partial charge in [0.05, 0.1) is 42.6 Å². The van der Waals surface area contributed by atoms with Crippen molar-refractivity contribution in [3.63, 3.8) is 0 Å². The summed E-state index contributed by atoms with van der Waals surface area (Å²) >= 11 is 0. The monoisotopic (exact) mass is 1040 g/mol. The Morgan fingerprint density at radius 3 is 2.46 bits per heavy atom. The molecule has 404 valence electrons. The van der Waals surface area contributed by atoms with E-state index in [0.29, 0.717) is 31.6 Å². The minimum atomic E-state index is -1.40. The highest BCUT2D eigenvalue weighted by atomic mass is 19.1. The van der Waals surface area contributed by atoms with Gasteiger partial charge in [0.15, 0.2) is 0 Å². The zero-order valence-electron chi connectivity index (χ0n) is 45.3. The number of aromatic nitrogens is 2. The number of amides is 3. The topological polar surface area (TPSA) is 171 Å². The number of hydrazine groups is 1. The minimum absolute atomic E-state index is 0.00982. The third kappa shape index (κ3) is 10.2. The fourth-order valence-corrected chi connectivity index (χ4v) is 12.1. The van der Waals surface area contributed by atoms with Gasteiger partial charge in [-0.1, -0.05) is 64.1 Å². The fourth-order valence-electron chi connectivity index (χ4n) is 12.1. The zero-order valence-corrected chi connectivity index (χ0v) is 45.3. The van der Waals surface area contributed by atoms with Crippen LogP contribution in [0.25, 0.3) is 33.3 Å². The number of carbonyl (C=O) groups is 4. The van der Waals surface area contributed by atoms with Crippen molar-refractivity contribution in [2.75, 3.05) is 72.0 Å². The second kappa shape index (κ2) is 21.2. The number of hydrogen-bond acceptors (Lipinski definition) is 12. The van der Waals surface area contributed by atoms with Gasteiger partial charge in [-0.15, -0.1) is 0 Å². The van der Waals surface area contributed by atoms with Gasteiger partial charge in [-0.05, 0) is 104 Å². The molecule has 1 saturated carbocycles. The Morgan fingerprint density at radius 2 is 1.78 bits per heavy atom. The number of methoxy groups -OCH3 is 1. The predicted molar refractivity (Wildman–Crippen MR) is 288 cm³/mol. The summed E-state index contributed by atoms with van der Waals surface area (Å²) in [5.41, 5.74) is 9.57. The van der Waals surface area contributed by atoms with Crippen LogP contribution in [0, 0.1) is 29.0 Å². The molecule has 5 aliphatic rings. The van der Waals surface area contributed by atoms with Crippen LogP contribution in [0.5, 0.6) is 5.75 Å². The van der Waals surface area contributed by atoms with Crippen molar-refractivity contribution in [3.8, 4) is 28.1 Å². The summed E-state index contributed by atoms with van der Waals surface area (Å²) in [6, 6.07) is 17.0. The van der Waals surface area contributed by atoms with E-state index in [2.05, 4.69) is 59.0 Å². The molecule has 3 saturated heterocycles. The Morgan fingerprint density at radius 1 is 1.03 bits per heavy atom. The van der Waals surface area contributed by atoms with Gasteiger partial charge in [-0.25, -0.2) is 9.82 Å². The molecule has 3 amide bonds. The number of likely N-dealkylation sites (N-methyl/N-ethyl adjacent to an activating group) is 2. The van der Waals surface area contributed by atoms with Crippen molar-refractivity contribution in [3.05, 3.63) is 101 Å². The highest BCUT2D eigenvalue weighted by Gasteiger charge is 2.53. The van der Waals surface area contributed by atoms with Crippen LogP contribution in [0.15, 0.2) is 72.9 Å². The molecule has 17 heteroatoms. The van der Waals surface area contributed by atoms with E-state index >= 15 is 9.18 Å². The molecule has 76 heavy (non-hydrogen) atoms. The summed E-state index contributed by atoms with van der Waals surface area (Å²) in [5, 5.41) is 16.6. The molecule has 5 aromatic rings. The molecule has 1 unspecified atom stereocenters. The molecule has 4 aliphatic heterocycles. The molecule has 16 nitrogen and oxygen atoms in total. The lowest BCUT2D eigenvalue weighted by molar-refractivity contribution is -0.165. The van der Waals surface area contributed by atoms with Crippen molar-refractivity contribution >= 4 is 40.3 Å². The van der Waals surface area contributed by atoms with Crippen LogP contribution < -0.4 is 15.6 Å². The Kier molecular flexibility index (Phi) is 14.8. The number of aryl methyl sites for hydroxylation is 1. The number of phenols is 1. The quantitative estimate of drug-likeness (QED) is 0.118. The van der Waals surface area contributed by atoms with E-state index in [1.165, 1.54) is 22.0 Å². The van der Waals surface area contributed by atoms with Crippen molar-refractivity contribution in [1.82, 2.24) is 35.1 Å². The summed E-state index contributed by atoms with van der Waals surface area (Å²) in [6.45, 7) is 16.6. The number of piperazine rings is 1. The Bertz CT molecular complexity index is 3030. The molecule has 2 aromatic heterocycles. The standard InChI is InChI=1S/C59H73FN8O8/c1-10-67-48-17-16-36-23-43(48)45(53(67)44-26-39(29-61-50(44)34(4)74-9)66-20-18-64(7)19-21-66)28-59(5,6)32-76-58(73)51-42-24-38(42)30-68(63-51)56(71)47(25-37-22-40(69)27-41(36)49(37)60)62-55(70)52(33(2)3)65(8)57(72)54-46(31-75-54)35-14-12-11-13-15-35/h11-17,22-23,26-27,29,33-34,38,42,46-47,51-52,54,63,69H,10,18-21,24-25,28,30-32H2,1-9H3,(H,62,70)/t34-,38?,42-,46+,47-,51-,52-,54+/m0/s1. The highest BCUT2D eigenvalue weighted by Crippen LogP contribution is 2.47. The molecule has 0 radical (unpaired) electrons. The predicted octanol–water partition coefficient (Wildman–Crippen LogP) is 6.86. The molecule has 6 bridgehead atoms. The zero-order chi connectivity index (χ0) is 53.9. The van der Waals surface area contributed by atoms with Crippen LogP contribution in [0.1, 0.15) is 82.4 Å². The van der Waals surface area contributed by atoms with Gasteiger partial charge in [0.2, 0.25) is 5.91 Å². The lowest BCUT2D eigenvalue weighted by atomic mass is 9.84. The van der Waals surface area contributed by atoms with Crippen molar-refractivity contribution in [1.29, 1.82) is 0 Å². The first kappa shape index (κ1) is 53.0. The Hall–Kier alpha value is -6.40. The summed E-state index contributed by atoms with van der Waals surface area (Å²) in [4.78, 5) is 69.5. The number of nitrogens with zero attached hydrogens (tertiary/aromatic N) is 6. The average Bonchev–Trinajstić information content (AvgIpc) is 4.15. The second-order valence-electron chi connectivity index (χ2n) is 22.9. The first-order valence-electron chi connectivity index (χ1n) is 27.0. The van der Waals surface area contributed by atoms with Crippen LogP contribution in [0.4, 0.5) is 10.1 Å². The summed E-state index contributed by atoms with van der Waals surface area (Å²) in [7, 11) is 5.36. The molecule has 4 fully saturated rings. The van der Waals surface area contributed by atoms with E-state index < -0.39 is 59.2 Å². The molecule has 6 heterocycles. The van der Waals surface area contributed by atoms with E-state index in [0.717, 1.165) is 70.8 Å². The van der Waals surface area contributed by atoms with Crippen LogP contribution in [-0.4, -0.2) is 145 Å². The van der Waals surface area contributed by atoms with Crippen LogP contribution in [-0.2, 0) is 52.8 Å². The second-order valence-corrected chi connectivity index (χ2v) is 22.9. The van der Waals surface area contributed by atoms with Crippen LogP contribution >= 0.6 is 0 Å². The number of carbonyl (C=O) groups excluding carboxylic acids is 4. The maximum Gasteiger partial charge on any atom is 0.325 e. The molecule has 1 aliphatic carbocycles. The Balaban J connectivity index is 1.07. The number of anilines is 1. The third-order valence-corrected chi connectivity index (χ3v) is 16.6. The molecule has 3 aromatic carbocycles. The highest BCUT2D eigenvalue weighted by molar-refractivity contribution is 5.97. The number of cyclic esters (lactones) is 1. The number of nitrogens with one attached hydrogen (secondary N) is 2. The van der Waals surface area contributed by atoms with Gasteiger partial charge in [0.25, 0.3) is 11.8 Å². The molecule has 0 spiro atoms. The van der Waals surface area contributed by atoms with Crippen molar-refractivity contribution in [2.24, 2.45) is 23.2 Å². The number of halogens is 1. The molecular weight excluding hydrogens is 968 g/mol. The maximum absolute atomic E-state index is 17.7. The van der Waals surface area contributed by atoms with Crippen molar-refractivity contribution < 1.29 is 42.9 Å². The Labute approximate surface area is 444 Å². The summed E-state index contributed by atoms with van der Waals surface area (Å²) < 4.78 is 38.0. The largest absolute Gasteiger partial charge is 0.508 e. The van der Waals surface area contributed by atoms with E-state index in [4.69, 9.17) is 19.2 Å². The van der Waals surface area contributed by atoms with E-state index in [9.17, 15) is 19.5 Å². The number of ether oxygens (including phenoxy) is 3. The van der Waals surface area contributed by atoms with Gasteiger partial charge in [-0.2, -0.15) is 0 Å². The lowest BCUT2D eigenvalue weighted by Gasteiger charge is -2.41. The SMILES string of the molecule is CCn1c(-c2cc(N3CCN(C)CC3)cnc2[C@H](C)OC)c2c3cc(ccc31)-c1cc(O)cc(c1F)C[C@H](NC(=O)[C@H](C(C)C)N(C)C(=O)[C@@H]1OC[C@@H]1c1ccccc1)C(=O)N1CC3C[C@@H]3[C@H](N1)C(=O)OCC(C)(C)C2. The number of aromatic hydroxyl groups is 1. The van der Waals surface area contributed by atoms with Gasteiger partial charge in [0.1, 0.15) is 35.8 Å². The molecular formula is C59H73FN8O8. The number of rotatable bonds is 11. The third-order valence-electron chi connectivity index (χ3n) is 16.6. The van der Waals surface area contributed by atoms with E-state index in [1.54, 1.807) is 14.2 Å². The van der Waals surface area contributed by atoms with E-state index in [1.807, 2.05) is 75.5 Å². The first-order chi connectivity index (χ1) is 36.4. The minimum Gasteiger partial charge on any atom is -0.508 e. The normalized spacial score (nSPS) is 24.5. The van der Waals surface area contributed by atoms with Gasteiger partial charge in [0, 0.05) is 93.2 Å². The smallest absolute Gasteiger partial charge is 0.325 e. The number of pyridine rings is 1. The summed E-state index contributed by atoms with van der Waals surface area (Å²) in [5.74, 6) is -3.68. The molecule has 3 N–H and O–H groups in total. The lowest BCUT2D eigenvalue weighted by Crippen LogP contribution is -2.63. The average molecular weight is 1040 g/mol. The molecule has 10 rings (SSSR count). The fraction of sp³-hybridized carbons (Fsp3) is 0.508. The maximum atomic E-state index is 17.7. The number of phenolic OH excluding ortho intramolecular Hbond substituents is 1. The van der Waals surface area contributed by atoms with Gasteiger partial charge in [-0.3, -0.25) is 29.2 Å². The number of benzene rings is 3. The van der Waals surface area contributed by atoms with Crippen LogP contribution in [0.3, 0.4) is 0 Å². The van der Waals surface area contributed by atoms with Gasteiger partial charge >= 0.3 is 5.97 Å². The number of esters is 1. The van der Waals surface area contributed by atoms with E-state index in [-0.39, 0.29) is 66.2 Å². The van der Waals surface area contributed by atoms with Gasteiger partial charge < -0.3 is 43.9 Å². The van der Waals surface area contributed by atoms with Crippen molar-refractivity contribution in [2.45, 2.75) is 104 Å². The number of fused-ring (bicyclic) bond motifs is 8. The van der Waals surface area contributed by atoms with Crippen LogP contribution in [0.2, 0.25) is 0 Å². The first-order valence-corrected chi connectivity index (χ1v) is 27.0. The number of hydrogen-bond donors (Lipinski definition) is 3. The summed E-state index contributed by atoms with van der Waals surface area (Å²) in [6.07, 6.45) is 1.53.